The molecule has 14 heteroatoms. The van der Waals surface area contributed by atoms with Gasteiger partial charge in [-0.05, 0) is 71.1 Å². The van der Waals surface area contributed by atoms with Gasteiger partial charge in [0.25, 0.3) is 14.2 Å². The molecule has 0 radical (unpaired) electrons. The van der Waals surface area contributed by atoms with Gasteiger partial charge in [0.1, 0.15) is 11.6 Å². The van der Waals surface area contributed by atoms with Gasteiger partial charge in [0, 0.05) is 35.1 Å². The summed E-state index contributed by atoms with van der Waals surface area (Å²) in [6.07, 6.45) is -1.14. The first-order chi connectivity index (χ1) is 27.1. The van der Waals surface area contributed by atoms with Crippen LogP contribution >= 0.6 is 0 Å². The van der Waals surface area contributed by atoms with E-state index in [1.807, 2.05) is 81.4 Å². The number of benzene rings is 4. The number of aromatic nitrogens is 1. The lowest BCUT2D eigenvalue weighted by Crippen LogP contribution is -2.67. The number of carbonyl (C=O) groups is 1. The molecule has 3 atom stereocenters. The van der Waals surface area contributed by atoms with Crippen LogP contribution in [0.25, 0.3) is 10.9 Å². The third kappa shape index (κ3) is 8.73. The summed E-state index contributed by atoms with van der Waals surface area (Å²) in [6, 6.07) is 22.7. The highest BCUT2D eigenvalue weighted by Crippen LogP contribution is 2.45. The van der Waals surface area contributed by atoms with E-state index in [0.717, 1.165) is 22.5 Å². The van der Waals surface area contributed by atoms with Crippen molar-refractivity contribution < 1.29 is 45.4 Å². The largest absolute Gasteiger partial charge is 0.490 e. The first kappa shape index (κ1) is 41.8. The van der Waals surface area contributed by atoms with Gasteiger partial charge in [-0.25, -0.2) is 26.7 Å². The fraction of sp³-hybridized carbons (Fsp3) is 0.372. The van der Waals surface area contributed by atoms with Gasteiger partial charge in [-0.15, -0.1) is 0 Å². The van der Waals surface area contributed by atoms with Crippen molar-refractivity contribution in [3.8, 4) is 5.75 Å². The van der Waals surface area contributed by atoms with Crippen LogP contribution in [0.2, 0.25) is 5.04 Å². The van der Waals surface area contributed by atoms with Crippen LogP contribution in [0.5, 0.6) is 5.75 Å². The maximum absolute atomic E-state index is 16.8. The van der Waals surface area contributed by atoms with Crippen molar-refractivity contribution in [1.82, 2.24) is 15.2 Å². The Bertz CT molecular complexity index is 2130. The number of hydrogen-bond donors (Lipinski definition) is 3. The maximum atomic E-state index is 16.8. The van der Waals surface area contributed by atoms with Crippen LogP contribution in [-0.4, -0.2) is 74.3 Å². The van der Waals surface area contributed by atoms with Gasteiger partial charge in [0.15, 0.2) is 11.6 Å². The van der Waals surface area contributed by atoms with E-state index in [0.29, 0.717) is 16.5 Å². The molecule has 0 fully saturated rings. The normalized spacial score (nSPS) is 17.0. The fourth-order valence-electron chi connectivity index (χ4n) is 8.08. The summed E-state index contributed by atoms with van der Waals surface area (Å²) in [4.78, 5) is 15.4. The molecule has 6 rings (SSSR count). The average Bonchev–Trinajstić information content (AvgIpc) is 3.52. The second kappa shape index (κ2) is 17.0. The van der Waals surface area contributed by atoms with Crippen LogP contribution in [0.4, 0.5) is 31.1 Å². The Kier molecular flexibility index (Phi) is 12.5. The van der Waals surface area contributed by atoms with Crippen LogP contribution in [0.15, 0.2) is 91.0 Å². The number of nitrogens with zero attached hydrogens (tertiary/aromatic N) is 1. The van der Waals surface area contributed by atoms with Gasteiger partial charge in [-0.3, -0.25) is 9.29 Å². The minimum absolute atomic E-state index is 0.00477. The molecular formula is C43H47F6N3O4Si. The number of carboxylic acid groups (broad SMARTS) is 1. The van der Waals surface area contributed by atoms with E-state index in [1.165, 1.54) is 23.1 Å². The number of ether oxygens (including phenoxy) is 1. The second-order valence-corrected chi connectivity index (χ2v) is 20.1. The maximum Gasteiger partial charge on any atom is 0.404 e. The number of nitrogens with one attached hydrogen (secondary N) is 2. The number of halogens is 6. The van der Waals surface area contributed by atoms with Gasteiger partial charge >= 0.3 is 6.09 Å². The number of hydrogen-bond acceptors (Lipinski definition) is 4. The minimum Gasteiger partial charge on any atom is -0.490 e. The number of fused-ring (bicyclic) bond motifs is 3. The van der Waals surface area contributed by atoms with Crippen molar-refractivity contribution >= 4 is 35.7 Å². The third-order valence-corrected chi connectivity index (χ3v) is 15.8. The molecule has 0 aliphatic carbocycles. The molecule has 1 aliphatic heterocycles. The first-order valence-corrected chi connectivity index (χ1v) is 20.8. The zero-order valence-corrected chi connectivity index (χ0v) is 33.2. The zero-order chi connectivity index (χ0) is 41.1. The highest BCUT2D eigenvalue weighted by Gasteiger charge is 2.53. The predicted octanol–water partition coefficient (Wildman–Crippen LogP) is 8.76. The summed E-state index contributed by atoms with van der Waals surface area (Å²) in [5.41, 5.74) is 0.713. The Morgan fingerprint density at radius 3 is 2.23 bits per heavy atom. The van der Waals surface area contributed by atoms with Crippen LogP contribution in [0.1, 0.15) is 57.0 Å². The van der Waals surface area contributed by atoms with Crippen LogP contribution in [0, 0.1) is 23.4 Å². The molecule has 5 aromatic rings. The van der Waals surface area contributed by atoms with Crippen molar-refractivity contribution in [3.05, 3.63) is 125 Å². The molecule has 7 nitrogen and oxygen atoms in total. The predicted molar refractivity (Wildman–Crippen MR) is 210 cm³/mol. The van der Waals surface area contributed by atoms with Crippen molar-refractivity contribution in [2.24, 2.45) is 5.92 Å². The molecule has 0 saturated carbocycles. The molecule has 1 amide bonds. The number of alkyl halides is 3. The summed E-state index contributed by atoms with van der Waals surface area (Å²) in [5, 5.41) is 12.5. The Labute approximate surface area is 329 Å². The Morgan fingerprint density at radius 2 is 1.63 bits per heavy atom. The molecule has 0 bridgehead atoms. The number of rotatable bonds is 15. The Hall–Kier alpha value is -4.79. The molecule has 57 heavy (non-hydrogen) atoms. The molecule has 3 N–H and O–H groups in total. The molecular weight excluding hydrogens is 765 g/mol. The summed E-state index contributed by atoms with van der Waals surface area (Å²) in [6.45, 7) is 4.39. The van der Waals surface area contributed by atoms with Crippen molar-refractivity contribution in [3.63, 3.8) is 0 Å². The summed E-state index contributed by atoms with van der Waals surface area (Å²) >= 11 is 0. The smallest absolute Gasteiger partial charge is 0.404 e. The molecule has 2 heterocycles. The van der Waals surface area contributed by atoms with Crippen LogP contribution in [-0.2, 0) is 10.8 Å². The fourth-order valence-corrected chi connectivity index (χ4v) is 12.7. The van der Waals surface area contributed by atoms with Crippen molar-refractivity contribution in [1.29, 1.82) is 0 Å². The molecule has 1 aliphatic rings. The van der Waals surface area contributed by atoms with Crippen LogP contribution in [0.3, 0.4) is 0 Å². The second-order valence-electron chi connectivity index (χ2n) is 15.8. The monoisotopic (exact) mass is 811 g/mol. The standard InChI is InChI=1S/C43H47F6N3O4Si/c1-27-21-33-32-22-29(45)15-17-35(32)51-39(33)40(37-34(46)16-18-36(38(37)47)55-20-19-28(23-44)24-50-41(53)54)52(27)25-43(48,49)26-56-57(42(2,3)4,30-11-7-5-8-12-30)31-13-9-6-10-14-31/h5-18,22,27-28,40,50-51H,19-21,23-26H2,1-4H3,(H,53,54)/t27-,28?,40-/m1/s1. The molecule has 0 spiro atoms. The highest BCUT2D eigenvalue weighted by molar-refractivity contribution is 6.99. The molecule has 304 valence electrons. The molecule has 1 aromatic heterocycles. The van der Waals surface area contributed by atoms with Gasteiger partial charge in [0.2, 0.25) is 0 Å². The highest BCUT2D eigenvalue weighted by atomic mass is 28.4. The van der Waals surface area contributed by atoms with Gasteiger partial charge in [-0.1, -0.05) is 81.4 Å². The Morgan fingerprint density at radius 1 is 0.982 bits per heavy atom. The lowest BCUT2D eigenvalue weighted by molar-refractivity contribution is -0.0825. The average molecular weight is 812 g/mol. The lowest BCUT2D eigenvalue weighted by Gasteiger charge is -2.45. The van der Waals surface area contributed by atoms with E-state index in [-0.39, 0.29) is 37.4 Å². The first-order valence-electron chi connectivity index (χ1n) is 18.9. The lowest BCUT2D eigenvalue weighted by atomic mass is 9.87. The van der Waals surface area contributed by atoms with E-state index in [1.54, 1.807) is 6.92 Å². The van der Waals surface area contributed by atoms with E-state index in [4.69, 9.17) is 14.3 Å². The van der Waals surface area contributed by atoms with Crippen LogP contribution < -0.4 is 20.4 Å². The summed E-state index contributed by atoms with van der Waals surface area (Å²) in [5.74, 6) is -7.37. The zero-order valence-electron chi connectivity index (χ0n) is 32.2. The molecule has 0 saturated heterocycles. The quantitative estimate of drug-likeness (QED) is 0.0728. The number of aromatic amines is 1. The van der Waals surface area contributed by atoms with E-state index in [9.17, 15) is 13.6 Å². The van der Waals surface area contributed by atoms with Crippen molar-refractivity contribution in [2.75, 3.05) is 33.0 Å². The summed E-state index contributed by atoms with van der Waals surface area (Å²) in [7, 11) is -3.40. The summed E-state index contributed by atoms with van der Waals surface area (Å²) < 4.78 is 107. The third-order valence-electron chi connectivity index (χ3n) is 10.8. The molecule has 4 aromatic carbocycles. The Balaban J connectivity index is 1.38. The van der Waals surface area contributed by atoms with Gasteiger partial charge in [0.05, 0.1) is 38.0 Å². The van der Waals surface area contributed by atoms with Gasteiger partial charge < -0.3 is 24.6 Å². The van der Waals surface area contributed by atoms with E-state index >= 15 is 17.6 Å². The van der Waals surface area contributed by atoms with E-state index in [2.05, 4.69) is 10.3 Å². The number of H-pyrrole nitrogens is 1. The number of amides is 1. The van der Waals surface area contributed by atoms with Gasteiger partial charge in [-0.2, -0.15) is 0 Å². The SMILES string of the molecule is C[C@@H]1Cc2c([nH]c3ccc(F)cc23)[C@@H](c2c(F)ccc(OCCC(CF)CNC(=O)O)c2F)N1CC(F)(F)CO[Si](c1ccccc1)(c1ccccc1)C(C)(C)C. The van der Waals surface area contributed by atoms with E-state index < -0.39 is 86.2 Å². The van der Waals surface area contributed by atoms with Crippen molar-refractivity contribution in [2.45, 2.75) is 63.6 Å². The minimum atomic E-state index is -3.54. The molecule has 1 unspecified atom stereocenters. The topological polar surface area (TPSA) is 86.8 Å².